The van der Waals surface area contributed by atoms with Crippen molar-refractivity contribution in [2.45, 2.75) is 31.8 Å². The minimum absolute atomic E-state index is 0.0332. The van der Waals surface area contributed by atoms with Gasteiger partial charge in [0.05, 0.1) is 18.8 Å². The first-order valence-electron chi connectivity index (χ1n) is 14.6. The molecule has 212 valence electrons. The van der Waals surface area contributed by atoms with E-state index >= 15 is 0 Å². The quantitative estimate of drug-likeness (QED) is 0.237. The Balaban J connectivity index is 1.23. The van der Waals surface area contributed by atoms with Crippen LogP contribution in [-0.4, -0.2) is 54.2 Å². The van der Waals surface area contributed by atoms with Crippen LogP contribution >= 0.6 is 0 Å². The van der Waals surface area contributed by atoms with Gasteiger partial charge in [0.2, 0.25) is 0 Å². The van der Waals surface area contributed by atoms with E-state index in [9.17, 15) is 9.59 Å². The second-order valence-corrected chi connectivity index (χ2v) is 10.8. The molecule has 3 aliphatic rings. The molecule has 0 aromatic heterocycles. The Morgan fingerprint density at radius 1 is 0.929 bits per heavy atom. The predicted molar refractivity (Wildman–Crippen MR) is 165 cm³/mol. The molecule has 1 aliphatic carbocycles. The minimum atomic E-state index is -0.422. The number of ketones is 1. The molecule has 0 bridgehead atoms. The number of para-hydroxylation sites is 2. The molecule has 0 radical (unpaired) electrons. The summed E-state index contributed by atoms with van der Waals surface area (Å²) in [4.78, 5) is 32.2. The molecule has 1 saturated heterocycles. The molecule has 0 amide bonds. The number of ether oxygens (including phenoxy) is 2. The van der Waals surface area contributed by atoms with Crippen molar-refractivity contribution < 1.29 is 19.1 Å². The fourth-order valence-corrected chi connectivity index (χ4v) is 5.81. The molecule has 6 nitrogen and oxygen atoms in total. The van der Waals surface area contributed by atoms with E-state index in [-0.39, 0.29) is 11.8 Å². The first-order chi connectivity index (χ1) is 20.5. The summed E-state index contributed by atoms with van der Waals surface area (Å²) in [6.45, 7) is 4.07. The van der Waals surface area contributed by atoms with Gasteiger partial charge in [0.15, 0.2) is 5.78 Å². The lowest BCUT2D eigenvalue weighted by Crippen LogP contribution is -2.49. The molecule has 6 heteroatoms. The SMILES string of the molecule is CCOC(=O)CN1CCC2(C=C(C3=CCC(=Nc4ccccc4C(=O)c4ccccc4)C=C3)c3ccccc3O2)CC1. The third-order valence-electron chi connectivity index (χ3n) is 8.00. The normalized spacial score (nSPS) is 18.5. The van der Waals surface area contributed by atoms with Gasteiger partial charge in [-0.15, -0.1) is 0 Å². The van der Waals surface area contributed by atoms with E-state index < -0.39 is 5.60 Å². The Morgan fingerprint density at radius 2 is 1.67 bits per heavy atom. The molecule has 6 rings (SSSR count). The molecule has 0 saturated carbocycles. The molecule has 0 N–H and O–H groups in total. The Bertz CT molecular complexity index is 1610. The van der Waals surface area contributed by atoms with Crippen molar-refractivity contribution in [3.63, 3.8) is 0 Å². The third-order valence-corrected chi connectivity index (χ3v) is 8.00. The number of rotatable bonds is 7. The highest BCUT2D eigenvalue weighted by atomic mass is 16.5. The van der Waals surface area contributed by atoms with Crippen molar-refractivity contribution in [1.29, 1.82) is 0 Å². The molecule has 2 aliphatic heterocycles. The molecule has 3 aromatic rings. The van der Waals surface area contributed by atoms with E-state index in [4.69, 9.17) is 14.5 Å². The average molecular weight is 559 g/mol. The van der Waals surface area contributed by atoms with Crippen LogP contribution in [0.1, 0.15) is 47.7 Å². The molecule has 1 fully saturated rings. The number of hydrogen-bond acceptors (Lipinski definition) is 6. The zero-order chi connectivity index (χ0) is 28.9. The van der Waals surface area contributed by atoms with Gasteiger partial charge in [0.25, 0.3) is 0 Å². The Labute approximate surface area is 246 Å². The van der Waals surface area contributed by atoms with Gasteiger partial charge >= 0.3 is 5.97 Å². The minimum Gasteiger partial charge on any atom is -0.482 e. The summed E-state index contributed by atoms with van der Waals surface area (Å²) in [5.41, 5.74) is 5.76. The number of hydrogen-bond donors (Lipinski definition) is 0. The first-order valence-corrected chi connectivity index (χ1v) is 14.6. The van der Waals surface area contributed by atoms with Gasteiger partial charge in [-0.25, -0.2) is 0 Å². The molecule has 0 atom stereocenters. The fourth-order valence-electron chi connectivity index (χ4n) is 5.81. The summed E-state index contributed by atoms with van der Waals surface area (Å²) in [5, 5.41) is 0. The number of carbonyl (C=O) groups is 2. The second-order valence-electron chi connectivity index (χ2n) is 10.8. The number of benzene rings is 3. The average Bonchev–Trinajstić information content (AvgIpc) is 3.03. The number of nitrogens with zero attached hydrogens (tertiary/aromatic N) is 2. The smallest absolute Gasteiger partial charge is 0.320 e. The summed E-state index contributed by atoms with van der Waals surface area (Å²) >= 11 is 0. The van der Waals surface area contributed by atoms with Gasteiger partial charge in [0, 0.05) is 54.8 Å². The van der Waals surface area contributed by atoms with Crippen molar-refractivity contribution in [2.75, 3.05) is 26.2 Å². The number of piperidine rings is 1. The Hall–Kier alpha value is -4.55. The molecular formula is C36H34N2O4. The molecule has 2 heterocycles. The second kappa shape index (κ2) is 12.1. The van der Waals surface area contributed by atoms with E-state index in [0.29, 0.717) is 36.4 Å². The molecular weight excluding hydrogens is 524 g/mol. The largest absolute Gasteiger partial charge is 0.482 e. The highest BCUT2D eigenvalue weighted by molar-refractivity contribution is 6.13. The van der Waals surface area contributed by atoms with Crippen LogP contribution in [-0.2, 0) is 9.53 Å². The highest BCUT2D eigenvalue weighted by Crippen LogP contribution is 2.44. The van der Waals surface area contributed by atoms with E-state index in [0.717, 1.165) is 54.1 Å². The van der Waals surface area contributed by atoms with Gasteiger partial charge in [-0.2, -0.15) is 0 Å². The number of aliphatic imine (C=N–C) groups is 1. The van der Waals surface area contributed by atoms with Crippen molar-refractivity contribution in [3.8, 4) is 5.75 Å². The van der Waals surface area contributed by atoms with Crippen LogP contribution in [0.2, 0.25) is 0 Å². The lowest BCUT2D eigenvalue weighted by Gasteiger charge is -2.43. The summed E-state index contributed by atoms with van der Waals surface area (Å²) in [6.07, 6.45) is 10.9. The standard InChI is InChI=1S/C36H34N2O4/c1-2-41-34(39)25-38-22-20-36(21-23-38)24-31(29-12-7-9-15-33(29)42-36)26-16-18-28(19-17-26)37-32-14-8-6-13-30(32)35(40)27-10-4-3-5-11-27/h3-18,24H,2,19-23,25H2,1H3. The van der Waals surface area contributed by atoms with Crippen LogP contribution in [0.4, 0.5) is 5.69 Å². The summed E-state index contributed by atoms with van der Waals surface area (Å²) in [5.74, 6) is 0.673. The zero-order valence-electron chi connectivity index (χ0n) is 23.8. The zero-order valence-corrected chi connectivity index (χ0v) is 23.8. The molecule has 42 heavy (non-hydrogen) atoms. The first kappa shape index (κ1) is 27.6. The van der Waals surface area contributed by atoms with Gasteiger partial charge in [0.1, 0.15) is 11.4 Å². The lowest BCUT2D eigenvalue weighted by molar-refractivity contribution is -0.145. The number of esters is 1. The van der Waals surface area contributed by atoms with E-state index in [1.54, 1.807) is 0 Å². The molecule has 0 unspecified atom stereocenters. The van der Waals surface area contributed by atoms with Crippen LogP contribution in [0.25, 0.3) is 5.57 Å². The Kier molecular flexibility index (Phi) is 7.97. The van der Waals surface area contributed by atoms with Crippen molar-refractivity contribution in [1.82, 2.24) is 4.90 Å². The van der Waals surface area contributed by atoms with E-state index in [1.165, 1.54) is 0 Å². The van der Waals surface area contributed by atoms with Crippen LogP contribution in [0, 0.1) is 0 Å². The maximum atomic E-state index is 13.2. The number of allylic oxidation sites excluding steroid dienone is 5. The summed E-state index contributed by atoms with van der Waals surface area (Å²) < 4.78 is 11.8. The van der Waals surface area contributed by atoms with Gasteiger partial charge in [-0.1, -0.05) is 72.8 Å². The number of likely N-dealkylation sites (tertiary alicyclic amines) is 1. The fraction of sp³-hybridized carbons (Fsp3) is 0.250. The van der Waals surface area contributed by atoms with Crippen LogP contribution < -0.4 is 4.74 Å². The van der Waals surface area contributed by atoms with Crippen LogP contribution in [0.15, 0.2) is 114 Å². The lowest BCUT2D eigenvalue weighted by atomic mass is 9.81. The molecule has 1 spiro atoms. The van der Waals surface area contributed by atoms with Crippen LogP contribution in [0.5, 0.6) is 5.75 Å². The molecule has 3 aromatic carbocycles. The van der Waals surface area contributed by atoms with Gasteiger partial charge < -0.3 is 9.47 Å². The van der Waals surface area contributed by atoms with Gasteiger partial charge in [-0.3, -0.25) is 19.5 Å². The highest BCUT2D eigenvalue weighted by Gasteiger charge is 2.39. The maximum Gasteiger partial charge on any atom is 0.320 e. The monoisotopic (exact) mass is 558 g/mol. The Morgan fingerprint density at radius 3 is 2.43 bits per heavy atom. The third kappa shape index (κ3) is 5.90. The van der Waals surface area contributed by atoms with Crippen molar-refractivity contribution in [2.24, 2.45) is 4.99 Å². The van der Waals surface area contributed by atoms with Gasteiger partial charge in [-0.05, 0) is 48.4 Å². The summed E-state index contributed by atoms with van der Waals surface area (Å²) in [7, 11) is 0. The van der Waals surface area contributed by atoms with E-state index in [2.05, 4.69) is 29.2 Å². The number of fused-ring (bicyclic) bond motifs is 1. The van der Waals surface area contributed by atoms with Crippen molar-refractivity contribution >= 4 is 28.7 Å². The summed E-state index contributed by atoms with van der Waals surface area (Å²) in [6, 6.07) is 25.0. The topological polar surface area (TPSA) is 68.2 Å². The number of carbonyl (C=O) groups excluding carboxylic acids is 2. The van der Waals surface area contributed by atoms with E-state index in [1.807, 2.05) is 85.8 Å². The maximum absolute atomic E-state index is 13.2. The predicted octanol–water partition coefficient (Wildman–Crippen LogP) is 6.75. The van der Waals surface area contributed by atoms with Crippen LogP contribution in [0.3, 0.4) is 0 Å². The van der Waals surface area contributed by atoms with Crippen molar-refractivity contribution in [3.05, 3.63) is 125 Å².